The van der Waals surface area contributed by atoms with Gasteiger partial charge in [0.15, 0.2) is 11.1 Å². The molecular formula is C42H38N4O4. The number of fused-ring (bicyclic) bond motifs is 5. The second-order valence-electron chi connectivity index (χ2n) is 14.1. The number of nitrogens with one attached hydrogen (secondary N) is 1. The van der Waals surface area contributed by atoms with Crippen LogP contribution in [0, 0.1) is 0 Å². The third-order valence-electron chi connectivity index (χ3n) is 9.89. The largest absolute Gasteiger partial charge is 0.444 e. The van der Waals surface area contributed by atoms with Crippen LogP contribution < -0.4 is 15.1 Å². The summed E-state index contributed by atoms with van der Waals surface area (Å²) < 4.78 is 6.18. The fraction of sp³-hybridized carbons (Fsp3) is 0.214. The lowest BCUT2D eigenvalue weighted by molar-refractivity contribution is -0.140. The Kier molecular flexibility index (Phi) is 7.38. The number of ether oxygens (including phenoxy) is 1. The van der Waals surface area contributed by atoms with Gasteiger partial charge in [0.25, 0.3) is 11.8 Å². The van der Waals surface area contributed by atoms with E-state index in [0.29, 0.717) is 28.1 Å². The minimum Gasteiger partial charge on any atom is -0.444 e. The van der Waals surface area contributed by atoms with Crippen LogP contribution in [0.4, 0.5) is 16.2 Å². The molecule has 3 aliphatic rings. The van der Waals surface area contributed by atoms with E-state index in [-0.39, 0.29) is 24.9 Å². The summed E-state index contributed by atoms with van der Waals surface area (Å²) in [6, 6.07) is 44.2. The Morgan fingerprint density at radius 3 is 1.66 bits per heavy atom. The smallest absolute Gasteiger partial charge is 0.413 e. The molecule has 3 atom stereocenters. The quantitative estimate of drug-likeness (QED) is 0.212. The van der Waals surface area contributed by atoms with Crippen molar-refractivity contribution in [2.75, 3.05) is 9.80 Å². The summed E-state index contributed by atoms with van der Waals surface area (Å²) in [4.78, 5) is 51.5. The summed E-state index contributed by atoms with van der Waals surface area (Å²) in [7, 11) is 0. The second-order valence-corrected chi connectivity index (χ2v) is 14.1. The van der Waals surface area contributed by atoms with Crippen molar-refractivity contribution in [3.05, 3.63) is 167 Å². The van der Waals surface area contributed by atoms with Crippen molar-refractivity contribution < 1.29 is 19.1 Å². The average molecular weight is 663 g/mol. The van der Waals surface area contributed by atoms with E-state index in [4.69, 9.17) is 4.74 Å². The van der Waals surface area contributed by atoms with E-state index in [9.17, 15) is 4.79 Å². The number of para-hydroxylation sites is 2. The lowest BCUT2D eigenvalue weighted by atomic mass is 9.69. The molecule has 1 N–H and O–H groups in total. The van der Waals surface area contributed by atoms with Gasteiger partial charge < -0.3 is 14.5 Å². The average Bonchev–Trinajstić information content (AvgIpc) is 3.67. The molecule has 50 heavy (non-hydrogen) atoms. The Hall–Kier alpha value is -5.73. The first-order chi connectivity index (χ1) is 24.2. The van der Waals surface area contributed by atoms with Crippen molar-refractivity contribution in [3.63, 3.8) is 0 Å². The highest BCUT2D eigenvalue weighted by atomic mass is 16.6. The van der Waals surface area contributed by atoms with E-state index < -0.39 is 28.9 Å². The van der Waals surface area contributed by atoms with E-state index in [1.54, 1.807) is 30.6 Å². The van der Waals surface area contributed by atoms with Gasteiger partial charge in [-0.25, -0.2) is 4.79 Å². The van der Waals surface area contributed by atoms with Crippen molar-refractivity contribution in [3.8, 4) is 0 Å². The van der Waals surface area contributed by atoms with Crippen molar-refractivity contribution in [2.24, 2.45) is 0 Å². The third kappa shape index (κ3) is 4.59. The predicted molar refractivity (Wildman–Crippen MR) is 192 cm³/mol. The number of carbonyl (C=O) groups excluding carboxylic acids is 3. The summed E-state index contributed by atoms with van der Waals surface area (Å²) in [6.45, 7) is 5.94. The minimum atomic E-state index is -1.88. The van der Waals surface area contributed by atoms with E-state index in [1.807, 2.05) is 140 Å². The molecule has 8 rings (SSSR count). The maximum absolute atomic E-state index is 15.9. The van der Waals surface area contributed by atoms with Crippen LogP contribution >= 0.6 is 0 Å². The first-order valence-electron chi connectivity index (χ1n) is 16.9. The molecule has 1 fully saturated rings. The molecule has 0 radical (unpaired) electrons. The van der Waals surface area contributed by atoms with Crippen LogP contribution in [-0.2, 0) is 38.5 Å². The van der Waals surface area contributed by atoms with Gasteiger partial charge in [-0.2, -0.15) is 0 Å². The zero-order valence-electron chi connectivity index (χ0n) is 28.2. The zero-order valence-corrected chi connectivity index (χ0v) is 28.2. The van der Waals surface area contributed by atoms with Gasteiger partial charge in [-0.1, -0.05) is 127 Å². The summed E-state index contributed by atoms with van der Waals surface area (Å²) in [5.41, 5.74) is 0.570. The summed E-state index contributed by atoms with van der Waals surface area (Å²) in [6.07, 6.45) is -1.61. The van der Waals surface area contributed by atoms with Gasteiger partial charge in [-0.15, -0.1) is 0 Å². The van der Waals surface area contributed by atoms with Gasteiger partial charge >= 0.3 is 6.09 Å². The van der Waals surface area contributed by atoms with E-state index in [0.717, 1.165) is 11.1 Å². The molecule has 0 aliphatic carbocycles. The molecule has 3 unspecified atom stereocenters. The molecule has 0 aromatic heterocycles. The number of benzene rings is 5. The summed E-state index contributed by atoms with van der Waals surface area (Å²) in [5.74, 6) is -0.705. The molecular weight excluding hydrogens is 624 g/mol. The monoisotopic (exact) mass is 662 g/mol. The Labute approximate surface area is 291 Å². The van der Waals surface area contributed by atoms with E-state index in [1.165, 1.54) is 4.90 Å². The number of hydrogen-bond donors (Lipinski definition) is 1. The number of carbonyl (C=O) groups is 3. The van der Waals surface area contributed by atoms with Gasteiger partial charge in [-0.05, 0) is 49.6 Å². The van der Waals surface area contributed by atoms with Gasteiger partial charge in [0.2, 0.25) is 0 Å². The second kappa shape index (κ2) is 11.7. The predicted octanol–water partition coefficient (Wildman–Crippen LogP) is 7.41. The molecule has 0 bridgehead atoms. The number of rotatable bonds is 5. The topological polar surface area (TPSA) is 82.2 Å². The first kappa shape index (κ1) is 31.5. The maximum atomic E-state index is 15.9. The fourth-order valence-corrected chi connectivity index (χ4v) is 7.99. The molecule has 3 aliphatic heterocycles. The van der Waals surface area contributed by atoms with Gasteiger partial charge in [-0.3, -0.25) is 19.8 Å². The first-order valence-corrected chi connectivity index (χ1v) is 16.9. The molecule has 1 saturated heterocycles. The molecule has 8 nitrogen and oxygen atoms in total. The van der Waals surface area contributed by atoms with Crippen LogP contribution in [0.3, 0.4) is 0 Å². The van der Waals surface area contributed by atoms with Gasteiger partial charge in [0.1, 0.15) is 11.8 Å². The van der Waals surface area contributed by atoms with Crippen molar-refractivity contribution in [1.29, 1.82) is 0 Å². The van der Waals surface area contributed by atoms with Crippen molar-refractivity contribution in [2.45, 2.75) is 56.7 Å². The number of nitrogens with zero attached hydrogens (tertiary/aromatic N) is 3. The zero-order chi connectivity index (χ0) is 34.7. The van der Waals surface area contributed by atoms with Crippen molar-refractivity contribution >= 4 is 29.3 Å². The highest BCUT2D eigenvalue weighted by molar-refractivity contribution is 6.19. The lowest BCUT2D eigenvalue weighted by Gasteiger charge is -2.43. The lowest BCUT2D eigenvalue weighted by Crippen LogP contribution is -2.66. The number of amides is 3. The molecule has 8 heteroatoms. The summed E-state index contributed by atoms with van der Waals surface area (Å²) >= 11 is 0. The standard InChI is InChI=1S/C42H38N4O4/c1-40(2,3)50-39(49)46-36(31-21-11-6-12-22-31)43-41(32-23-13-15-25-34(32)44(37(41)47)27-29-17-7-4-8-18-29)42(46)33-24-14-16-26-35(33)45(38(42)48)28-30-19-9-5-10-20-30/h4-26,36,43H,27-28H2,1-3H3. The summed E-state index contributed by atoms with van der Waals surface area (Å²) in [5, 5.41) is 3.70. The Balaban J connectivity index is 1.44. The normalized spacial score (nSPS) is 22.4. The van der Waals surface area contributed by atoms with Crippen LogP contribution in [0.1, 0.15) is 54.8 Å². The van der Waals surface area contributed by atoms with E-state index in [2.05, 4.69) is 5.32 Å². The highest BCUT2D eigenvalue weighted by Gasteiger charge is 2.79. The molecule has 5 aromatic rings. The van der Waals surface area contributed by atoms with Crippen LogP contribution in [0.15, 0.2) is 140 Å². The Morgan fingerprint density at radius 1 is 0.640 bits per heavy atom. The van der Waals surface area contributed by atoms with Crippen LogP contribution in [0.5, 0.6) is 0 Å². The van der Waals surface area contributed by atoms with Crippen molar-refractivity contribution in [1.82, 2.24) is 10.2 Å². The van der Waals surface area contributed by atoms with E-state index >= 15 is 9.59 Å². The minimum absolute atomic E-state index is 0.246. The highest BCUT2D eigenvalue weighted by Crippen LogP contribution is 2.64. The van der Waals surface area contributed by atoms with Gasteiger partial charge in [0, 0.05) is 16.8 Å². The number of hydrogen-bond acceptors (Lipinski definition) is 5. The molecule has 0 saturated carbocycles. The molecule has 3 heterocycles. The molecule has 2 spiro atoms. The number of anilines is 2. The Bertz CT molecular complexity index is 2100. The maximum Gasteiger partial charge on any atom is 0.413 e. The van der Waals surface area contributed by atoms with Crippen LogP contribution in [0.25, 0.3) is 0 Å². The fourth-order valence-electron chi connectivity index (χ4n) is 7.99. The van der Waals surface area contributed by atoms with Crippen LogP contribution in [0.2, 0.25) is 0 Å². The molecule has 3 amide bonds. The van der Waals surface area contributed by atoms with Gasteiger partial charge in [0.05, 0.1) is 18.8 Å². The van der Waals surface area contributed by atoms with Crippen LogP contribution in [-0.4, -0.2) is 28.4 Å². The third-order valence-corrected chi connectivity index (χ3v) is 9.89. The SMILES string of the molecule is CC(C)(C)OC(=O)N1C(c2ccccc2)NC2(C(=O)N(Cc3ccccc3)c3ccccc32)C12C(=O)N(Cc1ccccc1)c1ccccc12. The molecule has 5 aromatic carbocycles. The molecule has 250 valence electrons. The Morgan fingerprint density at radius 2 is 1.10 bits per heavy atom.